The van der Waals surface area contributed by atoms with Gasteiger partial charge in [0.05, 0.1) is 5.56 Å². The van der Waals surface area contributed by atoms with Crippen LogP contribution < -0.4 is 5.32 Å². The fourth-order valence-corrected chi connectivity index (χ4v) is 5.08. The number of aryl methyl sites for hydroxylation is 1. The van der Waals surface area contributed by atoms with Crippen molar-refractivity contribution in [2.24, 2.45) is 13.0 Å². The summed E-state index contributed by atoms with van der Waals surface area (Å²) >= 11 is 1.73. The molecule has 1 aromatic rings. The number of thioether (sulfide) groups is 1. The van der Waals surface area contributed by atoms with Gasteiger partial charge in [0.15, 0.2) is 0 Å². The van der Waals surface area contributed by atoms with Crippen molar-refractivity contribution in [2.45, 2.75) is 17.9 Å². The van der Waals surface area contributed by atoms with Crippen LogP contribution in [0.3, 0.4) is 0 Å². The van der Waals surface area contributed by atoms with Gasteiger partial charge in [-0.15, -0.1) is 0 Å². The van der Waals surface area contributed by atoms with Crippen LogP contribution in [0.4, 0.5) is 0 Å². The van der Waals surface area contributed by atoms with Crippen molar-refractivity contribution in [3.8, 4) is 0 Å². The summed E-state index contributed by atoms with van der Waals surface area (Å²) in [5.74, 6) is 1.73. The topological polar surface area (TPSA) is 84.3 Å². The molecule has 2 heterocycles. The highest BCUT2D eigenvalue weighted by atomic mass is 32.2. The molecule has 0 unspecified atom stereocenters. The first-order valence-corrected chi connectivity index (χ1v) is 9.97. The second-order valence-electron chi connectivity index (χ2n) is 5.69. The summed E-state index contributed by atoms with van der Waals surface area (Å²) in [6, 6.07) is 0. The zero-order valence-electron chi connectivity index (χ0n) is 12.5. The summed E-state index contributed by atoms with van der Waals surface area (Å²) in [7, 11) is -2.08. The van der Waals surface area contributed by atoms with Gasteiger partial charge in [0.2, 0.25) is 5.03 Å². The lowest BCUT2D eigenvalue weighted by molar-refractivity contribution is 0.0948. The summed E-state index contributed by atoms with van der Waals surface area (Å²) in [5, 5.41) is 6.72. The Morgan fingerprint density at radius 3 is 2.73 bits per heavy atom. The molecule has 0 atom stereocenters. The zero-order valence-corrected chi connectivity index (χ0v) is 14.1. The monoisotopic (exact) mass is 344 g/mol. The smallest absolute Gasteiger partial charge is 0.263 e. The van der Waals surface area contributed by atoms with Gasteiger partial charge in [0, 0.05) is 44.4 Å². The maximum Gasteiger partial charge on any atom is 0.263 e. The van der Waals surface area contributed by atoms with E-state index in [0.29, 0.717) is 25.6 Å². The standard InChI is InChI=1S/C13H20N4O3S2/c1-16-9-11(12(18)14-8-10-2-3-10)13(15-16)22(19,20)17-4-6-21-7-5-17/h9-10H,2-8H2,1H3,(H,14,18). The molecule has 22 heavy (non-hydrogen) atoms. The number of hydrogen-bond acceptors (Lipinski definition) is 5. The van der Waals surface area contributed by atoms with Gasteiger partial charge in [-0.05, 0) is 18.8 Å². The third-order valence-electron chi connectivity index (χ3n) is 3.84. The Morgan fingerprint density at radius 2 is 2.09 bits per heavy atom. The van der Waals surface area contributed by atoms with Crippen molar-refractivity contribution >= 4 is 27.7 Å². The van der Waals surface area contributed by atoms with Crippen LogP contribution in [0.5, 0.6) is 0 Å². The van der Waals surface area contributed by atoms with Crippen LogP contribution in [0, 0.1) is 5.92 Å². The molecule has 1 aromatic heterocycles. The molecule has 0 spiro atoms. The first-order chi connectivity index (χ1) is 10.5. The molecule has 122 valence electrons. The highest BCUT2D eigenvalue weighted by molar-refractivity contribution is 7.99. The van der Waals surface area contributed by atoms with Gasteiger partial charge >= 0.3 is 0 Å². The summed E-state index contributed by atoms with van der Waals surface area (Å²) < 4.78 is 28.3. The van der Waals surface area contributed by atoms with E-state index in [-0.39, 0.29) is 16.5 Å². The van der Waals surface area contributed by atoms with E-state index < -0.39 is 10.0 Å². The highest BCUT2D eigenvalue weighted by Gasteiger charge is 2.33. The molecule has 1 saturated carbocycles. The van der Waals surface area contributed by atoms with Crippen LogP contribution in [-0.2, 0) is 17.1 Å². The molecule has 1 aliphatic heterocycles. The molecular weight excluding hydrogens is 324 g/mol. The fourth-order valence-electron chi connectivity index (χ4n) is 2.38. The number of rotatable bonds is 5. The maximum atomic E-state index is 12.7. The third-order valence-corrected chi connectivity index (χ3v) is 6.62. The Hall–Kier alpha value is -1.06. The minimum atomic E-state index is -3.71. The van der Waals surface area contributed by atoms with E-state index >= 15 is 0 Å². The van der Waals surface area contributed by atoms with E-state index in [2.05, 4.69) is 10.4 Å². The number of hydrogen-bond donors (Lipinski definition) is 1. The molecule has 0 aromatic carbocycles. The van der Waals surface area contributed by atoms with Crippen LogP contribution >= 0.6 is 11.8 Å². The predicted molar refractivity (Wildman–Crippen MR) is 84.3 cm³/mol. The van der Waals surface area contributed by atoms with Crippen LogP contribution in [0.1, 0.15) is 23.2 Å². The number of amides is 1. The summed E-state index contributed by atoms with van der Waals surface area (Å²) in [6.45, 7) is 1.53. The Bertz CT molecular complexity index is 661. The molecule has 0 bridgehead atoms. The van der Waals surface area contributed by atoms with Crippen molar-refractivity contribution < 1.29 is 13.2 Å². The Kier molecular flexibility index (Phi) is 4.47. The van der Waals surface area contributed by atoms with E-state index in [0.717, 1.165) is 24.3 Å². The Morgan fingerprint density at radius 1 is 1.41 bits per heavy atom. The highest BCUT2D eigenvalue weighted by Crippen LogP contribution is 2.28. The molecule has 2 fully saturated rings. The maximum absolute atomic E-state index is 12.7. The van der Waals surface area contributed by atoms with E-state index in [1.54, 1.807) is 18.8 Å². The Labute approximate surface area is 134 Å². The van der Waals surface area contributed by atoms with E-state index in [1.807, 2.05) is 0 Å². The van der Waals surface area contributed by atoms with Gasteiger partial charge in [-0.3, -0.25) is 9.48 Å². The first-order valence-electron chi connectivity index (χ1n) is 7.38. The van der Waals surface area contributed by atoms with Gasteiger partial charge in [-0.1, -0.05) is 0 Å². The minimum absolute atomic E-state index is 0.129. The van der Waals surface area contributed by atoms with E-state index in [4.69, 9.17) is 0 Å². The molecule has 1 amide bonds. The molecule has 2 aliphatic rings. The van der Waals surface area contributed by atoms with Crippen molar-refractivity contribution in [1.29, 1.82) is 0 Å². The lowest BCUT2D eigenvalue weighted by Crippen LogP contribution is -2.39. The van der Waals surface area contributed by atoms with E-state index in [9.17, 15) is 13.2 Å². The quantitative estimate of drug-likeness (QED) is 0.830. The molecule has 9 heteroatoms. The summed E-state index contributed by atoms with van der Waals surface area (Å²) in [6.07, 6.45) is 3.74. The molecular formula is C13H20N4O3S2. The third kappa shape index (κ3) is 3.31. The summed E-state index contributed by atoms with van der Waals surface area (Å²) in [4.78, 5) is 12.3. The van der Waals surface area contributed by atoms with Crippen molar-refractivity contribution in [3.05, 3.63) is 11.8 Å². The van der Waals surface area contributed by atoms with Gasteiger partial charge in [-0.25, -0.2) is 8.42 Å². The molecule has 1 N–H and O–H groups in total. The molecule has 7 nitrogen and oxygen atoms in total. The minimum Gasteiger partial charge on any atom is -0.352 e. The number of nitrogens with one attached hydrogen (secondary N) is 1. The average Bonchev–Trinajstić information content (AvgIpc) is 3.26. The van der Waals surface area contributed by atoms with Crippen LogP contribution in [-0.4, -0.2) is 59.6 Å². The SMILES string of the molecule is Cn1cc(C(=O)NCC2CC2)c(S(=O)(=O)N2CCSCC2)n1. The van der Waals surface area contributed by atoms with Crippen LogP contribution in [0.25, 0.3) is 0 Å². The second kappa shape index (κ2) is 6.21. The number of aromatic nitrogens is 2. The van der Waals surface area contributed by atoms with Crippen LogP contribution in [0.15, 0.2) is 11.2 Å². The number of carbonyl (C=O) groups excluding carboxylic acids is 1. The Balaban J connectivity index is 1.84. The lowest BCUT2D eigenvalue weighted by atomic mass is 10.3. The van der Waals surface area contributed by atoms with Crippen LogP contribution in [0.2, 0.25) is 0 Å². The first kappa shape index (κ1) is 15.8. The van der Waals surface area contributed by atoms with Gasteiger partial charge < -0.3 is 5.32 Å². The van der Waals surface area contributed by atoms with Crippen molar-refractivity contribution in [3.63, 3.8) is 0 Å². The van der Waals surface area contributed by atoms with E-state index in [1.165, 1.54) is 15.2 Å². The van der Waals surface area contributed by atoms with Gasteiger partial charge in [0.1, 0.15) is 0 Å². The fraction of sp³-hybridized carbons (Fsp3) is 0.692. The summed E-state index contributed by atoms with van der Waals surface area (Å²) in [5.41, 5.74) is 0.140. The number of nitrogens with zero attached hydrogens (tertiary/aromatic N) is 3. The molecule has 3 rings (SSSR count). The number of carbonyl (C=O) groups is 1. The zero-order chi connectivity index (χ0) is 15.7. The lowest BCUT2D eigenvalue weighted by Gasteiger charge is -2.24. The van der Waals surface area contributed by atoms with Gasteiger partial charge in [0.25, 0.3) is 15.9 Å². The van der Waals surface area contributed by atoms with Crippen molar-refractivity contribution in [1.82, 2.24) is 19.4 Å². The molecule has 1 saturated heterocycles. The second-order valence-corrected chi connectivity index (χ2v) is 8.77. The van der Waals surface area contributed by atoms with Crippen molar-refractivity contribution in [2.75, 3.05) is 31.1 Å². The normalized spacial score (nSPS) is 20.0. The largest absolute Gasteiger partial charge is 0.352 e. The average molecular weight is 344 g/mol. The number of sulfonamides is 1. The molecule has 1 aliphatic carbocycles. The van der Waals surface area contributed by atoms with Gasteiger partial charge in [-0.2, -0.15) is 21.2 Å². The molecule has 0 radical (unpaired) electrons. The predicted octanol–water partition coefficient (Wildman–Crippen LogP) is 0.297.